The highest BCUT2D eigenvalue weighted by Gasteiger charge is 2.11. The Kier molecular flexibility index (Phi) is 3.49. The molecule has 0 rings (SSSR count). The smallest absolute Gasteiger partial charge is 0.320 e. The summed E-state index contributed by atoms with van der Waals surface area (Å²) >= 11 is 0. The molecule has 4 nitrogen and oxygen atoms in total. The molecule has 0 saturated carbocycles. The highest BCUT2D eigenvalue weighted by atomic mass is 16.4. The minimum Gasteiger partial charge on any atom is -0.513 e. The zero-order valence-electron chi connectivity index (χ0n) is 5.74. The van der Waals surface area contributed by atoms with Gasteiger partial charge in [-0.15, -0.1) is 0 Å². The van der Waals surface area contributed by atoms with E-state index in [1.807, 2.05) is 0 Å². The highest BCUT2D eigenvalue weighted by molar-refractivity contribution is 5.73. The van der Waals surface area contributed by atoms with Crippen molar-refractivity contribution in [2.45, 2.75) is 19.4 Å². The molecule has 0 aromatic heterocycles. The summed E-state index contributed by atoms with van der Waals surface area (Å²) in [6, 6.07) is -1.00. The average molecular weight is 145 g/mol. The van der Waals surface area contributed by atoms with Crippen molar-refractivity contribution in [3.8, 4) is 0 Å². The molecule has 0 aliphatic carbocycles. The molecule has 1 atom stereocenters. The first-order chi connectivity index (χ1) is 4.57. The van der Waals surface area contributed by atoms with Gasteiger partial charge in [0.1, 0.15) is 6.04 Å². The Bertz CT molecular complexity index is 153. The van der Waals surface area contributed by atoms with Crippen LogP contribution in [-0.4, -0.2) is 22.2 Å². The predicted molar refractivity (Wildman–Crippen MR) is 36.6 cm³/mol. The van der Waals surface area contributed by atoms with E-state index in [4.69, 9.17) is 15.9 Å². The largest absolute Gasteiger partial charge is 0.513 e. The molecule has 0 heterocycles. The van der Waals surface area contributed by atoms with Crippen molar-refractivity contribution >= 4 is 5.97 Å². The lowest BCUT2D eigenvalue weighted by Crippen LogP contribution is -2.30. The summed E-state index contributed by atoms with van der Waals surface area (Å²) in [4.78, 5) is 10.1. The second kappa shape index (κ2) is 3.90. The van der Waals surface area contributed by atoms with Crippen LogP contribution in [0.15, 0.2) is 11.8 Å². The quantitative estimate of drug-likeness (QED) is 0.497. The lowest BCUT2D eigenvalue weighted by atomic mass is 10.2. The van der Waals surface area contributed by atoms with E-state index >= 15 is 0 Å². The van der Waals surface area contributed by atoms with Gasteiger partial charge in [0.25, 0.3) is 0 Å². The van der Waals surface area contributed by atoms with Crippen molar-refractivity contribution in [2.75, 3.05) is 0 Å². The number of hydrogen-bond donors (Lipinski definition) is 3. The van der Waals surface area contributed by atoms with Crippen LogP contribution in [0.5, 0.6) is 0 Å². The molecular formula is C6H11NO3. The van der Waals surface area contributed by atoms with Gasteiger partial charge in [-0.3, -0.25) is 4.79 Å². The van der Waals surface area contributed by atoms with Gasteiger partial charge in [0.2, 0.25) is 0 Å². The molecule has 0 aromatic rings. The zero-order chi connectivity index (χ0) is 8.15. The van der Waals surface area contributed by atoms with Crippen LogP contribution in [0.1, 0.15) is 13.3 Å². The third-order valence-corrected chi connectivity index (χ3v) is 1.08. The molecule has 4 heteroatoms. The molecule has 0 saturated heterocycles. The number of aliphatic hydroxyl groups is 1. The Morgan fingerprint density at radius 3 is 2.50 bits per heavy atom. The predicted octanol–water partition coefficient (Wildman–Crippen LogP) is 0.250. The molecule has 0 unspecified atom stereocenters. The fourth-order valence-corrected chi connectivity index (χ4v) is 0.430. The van der Waals surface area contributed by atoms with E-state index in [1.165, 1.54) is 6.08 Å². The van der Waals surface area contributed by atoms with E-state index in [0.717, 1.165) is 0 Å². The minimum absolute atomic E-state index is 0.00810. The van der Waals surface area contributed by atoms with Crippen LogP contribution in [0.25, 0.3) is 0 Å². The fraction of sp³-hybridized carbons (Fsp3) is 0.500. The zero-order valence-corrected chi connectivity index (χ0v) is 5.74. The maximum Gasteiger partial charge on any atom is 0.320 e. The van der Waals surface area contributed by atoms with Crippen molar-refractivity contribution in [3.63, 3.8) is 0 Å². The first-order valence-corrected chi connectivity index (χ1v) is 2.90. The Labute approximate surface area is 59.0 Å². The second-order valence-corrected chi connectivity index (χ2v) is 1.93. The van der Waals surface area contributed by atoms with Crippen LogP contribution in [0.4, 0.5) is 0 Å². The molecule has 4 N–H and O–H groups in total. The number of carboxylic acid groups (broad SMARTS) is 1. The summed E-state index contributed by atoms with van der Waals surface area (Å²) in [6.45, 7) is 1.61. The van der Waals surface area contributed by atoms with Crippen molar-refractivity contribution in [1.29, 1.82) is 0 Å². The number of carboxylic acids is 1. The molecule has 58 valence electrons. The lowest BCUT2D eigenvalue weighted by molar-refractivity contribution is -0.138. The number of carbonyl (C=O) groups is 1. The normalized spacial score (nSPS) is 14.8. The third-order valence-electron chi connectivity index (χ3n) is 1.08. The van der Waals surface area contributed by atoms with Gasteiger partial charge < -0.3 is 15.9 Å². The van der Waals surface area contributed by atoms with Crippen LogP contribution in [0.3, 0.4) is 0 Å². The number of allylic oxidation sites excluding steroid dienone is 1. The number of aliphatic hydroxyl groups excluding tert-OH is 1. The van der Waals surface area contributed by atoms with Crippen LogP contribution >= 0.6 is 0 Å². The van der Waals surface area contributed by atoms with Gasteiger partial charge in [0.05, 0.1) is 5.76 Å². The molecule has 0 aliphatic rings. The van der Waals surface area contributed by atoms with E-state index in [9.17, 15) is 4.79 Å². The van der Waals surface area contributed by atoms with E-state index in [-0.39, 0.29) is 12.2 Å². The average Bonchev–Trinajstić information content (AvgIpc) is 1.87. The molecule has 0 spiro atoms. The maximum absolute atomic E-state index is 10.1. The van der Waals surface area contributed by atoms with Crippen LogP contribution in [-0.2, 0) is 4.79 Å². The number of rotatable bonds is 3. The molecule has 10 heavy (non-hydrogen) atoms. The standard InChI is InChI=1S/C6H11NO3/c1-2-4(8)3-5(7)6(9)10/h2,5,8H,3,7H2,1H3,(H,9,10)/b4-2+/t5-/m0/s1. The van der Waals surface area contributed by atoms with Gasteiger partial charge in [-0.25, -0.2) is 0 Å². The van der Waals surface area contributed by atoms with Crippen LogP contribution < -0.4 is 5.73 Å². The maximum atomic E-state index is 10.1. The first kappa shape index (κ1) is 8.97. The summed E-state index contributed by atoms with van der Waals surface area (Å²) in [5, 5.41) is 17.1. The lowest BCUT2D eigenvalue weighted by Gasteiger charge is -2.03. The first-order valence-electron chi connectivity index (χ1n) is 2.90. The van der Waals surface area contributed by atoms with Gasteiger partial charge in [0.15, 0.2) is 0 Å². The Balaban J connectivity index is 3.80. The Morgan fingerprint density at radius 2 is 2.20 bits per heavy atom. The topological polar surface area (TPSA) is 83.5 Å². The van der Waals surface area contributed by atoms with E-state index in [1.54, 1.807) is 6.92 Å². The molecule has 0 amide bonds. The summed E-state index contributed by atoms with van der Waals surface area (Å²) in [7, 11) is 0. The second-order valence-electron chi connectivity index (χ2n) is 1.93. The molecule has 0 aromatic carbocycles. The van der Waals surface area contributed by atoms with Gasteiger partial charge >= 0.3 is 5.97 Å². The molecule has 0 aliphatic heterocycles. The number of aliphatic carboxylic acids is 1. The molecule has 0 bridgehead atoms. The van der Waals surface area contributed by atoms with E-state index in [2.05, 4.69) is 0 Å². The number of hydrogen-bond acceptors (Lipinski definition) is 3. The number of nitrogens with two attached hydrogens (primary N) is 1. The SMILES string of the molecule is C/C=C(/O)C[C@H](N)C(=O)O. The highest BCUT2D eigenvalue weighted by Crippen LogP contribution is 1.98. The third kappa shape index (κ3) is 3.09. The van der Waals surface area contributed by atoms with Gasteiger partial charge in [0, 0.05) is 6.42 Å². The molecule has 0 radical (unpaired) electrons. The van der Waals surface area contributed by atoms with Gasteiger partial charge in [-0.2, -0.15) is 0 Å². The van der Waals surface area contributed by atoms with Crippen molar-refractivity contribution < 1.29 is 15.0 Å². The summed E-state index contributed by atoms with van der Waals surface area (Å²) in [6.07, 6.45) is 1.41. The molecule has 0 fully saturated rings. The Hall–Kier alpha value is -1.03. The summed E-state index contributed by atoms with van der Waals surface area (Å²) in [5.74, 6) is -1.09. The van der Waals surface area contributed by atoms with Crippen molar-refractivity contribution in [2.24, 2.45) is 5.73 Å². The Morgan fingerprint density at radius 1 is 1.70 bits per heavy atom. The fourth-order valence-electron chi connectivity index (χ4n) is 0.430. The van der Waals surface area contributed by atoms with Gasteiger partial charge in [-0.05, 0) is 13.0 Å². The van der Waals surface area contributed by atoms with E-state index in [0.29, 0.717) is 0 Å². The van der Waals surface area contributed by atoms with Crippen LogP contribution in [0, 0.1) is 0 Å². The van der Waals surface area contributed by atoms with Crippen molar-refractivity contribution in [1.82, 2.24) is 0 Å². The monoisotopic (exact) mass is 145 g/mol. The summed E-state index contributed by atoms with van der Waals surface area (Å²) in [5.41, 5.74) is 5.09. The van der Waals surface area contributed by atoms with E-state index < -0.39 is 12.0 Å². The van der Waals surface area contributed by atoms with Crippen LogP contribution in [0.2, 0.25) is 0 Å². The van der Waals surface area contributed by atoms with Gasteiger partial charge in [-0.1, -0.05) is 0 Å². The minimum atomic E-state index is -1.10. The summed E-state index contributed by atoms with van der Waals surface area (Å²) < 4.78 is 0. The molecular weight excluding hydrogens is 134 g/mol. The van der Waals surface area contributed by atoms with Crippen molar-refractivity contribution in [3.05, 3.63) is 11.8 Å².